The van der Waals surface area contributed by atoms with Crippen LogP contribution >= 0.6 is 11.3 Å². The van der Waals surface area contributed by atoms with Crippen LogP contribution in [0.25, 0.3) is 10.6 Å². The molecule has 0 bridgehead atoms. The number of aryl methyl sites for hydroxylation is 2. The van der Waals surface area contributed by atoms with E-state index < -0.39 is 11.7 Å². The summed E-state index contributed by atoms with van der Waals surface area (Å²) < 4.78 is 38.5. The zero-order valence-electron chi connectivity index (χ0n) is 17.9. The average molecular weight is 460 g/mol. The lowest BCUT2D eigenvalue weighted by Crippen LogP contribution is -2.39. The van der Waals surface area contributed by atoms with Gasteiger partial charge in [-0.2, -0.15) is 13.2 Å². The molecule has 0 radical (unpaired) electrons. The molecule has 1 saturated heterocycles. The van der Waals surface area contributed by atoms with Gasteiger partial charge in [-0.3, -0.25) is 4.79 Å². The van der Waals surface area contributed by atoms with E-state index in [9.17, 15) is 18.0 Å². The molecule has 1 atom stereocenters. The van der Waals surface area contributed by atoms with Gasteiger partial charge in [0.2, 0.25) is 0 Å². The molecule has 1 fully saturated rings. The van der Waals surface area contributed by atoms with E-state index in [1.807, 2.05) is 24.0 Å². The van der Waals surface area contributed by atoms with Gasteiger partial charge in [0.1, 0.15) is 9.88 Å². The first-order valence-corrected chi connectivity index (χ1v) is 11.3. The van der Waals surface area contributed by atoms with Gasteiger partial charge in [0.05, 0.1) is 11.3 Å². The standard InChI is InChI=1S/C24H24F3N3OS/c1-14-5-6-17(12-20(14)28)18-4-3-11-30(13-18)23(31)21-15(2)29-22(32-21)16-7-9-19(10-8-16)24(25,26)27/h5-10,12,18H,3-4,11,13,28H2,1-2H3. The normalized spacial score (nSPS) is 16.9. The van der Waals surface area contributed by atoms with Gasteiger partial charge in [-0.1, -0.05) is 24.3 Å². The van der Waals surface area contributed by atoms with E-state index in [-0.39, 0.29) is 11.8 Å². The Morgan fingerprint density at radius 2 is 1.88 bits per heavy atom. The zero-order valence-corrected chi connectivity index (χ0v) is 18.7. The Hall–Kier alpha value is -2.87. The third kappa shape index (κ3) is 4.50. The van der Waals surface area contributed by atoms with Crippen LogP contribution in [0.2, 0.25) is 0 Å². The van der Waals surface area contributed by atoms with Gasteiger partial charge in [-0.25, -0.2) is 4.98 Å². The predicted octanol–water partition coefficient (Wildman–Crippen LogP) is 6.05. The molecule has 8 heteroatoms. The quantitative estimate of drug-likeness (QED) is 0.485. The third-order valence-corrected chi connectivity index (χ3v) is 7.13. The van der Waals surface area contributed by atoms with Gasteiger partial charge >= 0.3 is 6.18 Å². The zero-order chi connectivity index (χ0) is 23.0. The molecule has 0 saturated carbocycles. The fraction of sp³-hybridized carbons (Fsp3) is 0.333. The molecular formula is C24H24F3N3OS. The van der Waals surface area contributed by atoms with E-state index >= 15 is 0 Å². The summed E-state index contributed by atoms with van der Waals surface area (Å²) in [6, 6.07) is 10.9. The summed E-state index contributed by atoms with van der Waals surface area (Å²) in [6.45, 7) is 5.01. The average Bonchev–Trinajstić information content (AvgIpc) is 3.16. The largest absolute Gasteiger partial charge is 0.416 e. The number of nitrogen functional groups attached to an aromatic ring is 1. The monoisotopic (exact) mass is 459 g/mol. The van der Waals surface area contributed by atoms with Crippen molar-refractivity contribution in [1.82, 2.24) is 9.88 Å². The molecule has 32 heavy (non-hydrogen) atoms. The number of carbonyl (C=O) groups is 1. The molecule has 1 aliphatic heterocycles. The Kier molecular flexibility index (Phi) is 5.99. The number of anilines is 1. The van der Waals surface area contributed by atoms with E-state index in [0.717, 1.165) is 41.8 Å². The van der Waals surface area contributed by atoms with Crippen molar-refractivity contribution in [3.05, 3.63) is 69.7 Å². The number of amides is 1. The summed E-state index contributed by atoms with van der Waals surface area (Å²) >= 11 is 1.23. The summed E-state index contributed by atoms with van der Waals surface area (Å²) in [7, 11) is 0. The van der Waals surface area contributed by atoms with Crippen LogP contribution in [0.1, 0.15) is 50.8 Å². The molecule has 1 unspecified atom stereocenters. The predicted molar refractivity (Wildman–Crippen MR) is 121 cm³/mol. The number of piperidine rings is 1. The van der Waals surface area contributed by atoms with Gasteiger partial charge in [0, 0.05) is 30.3 Å². The molecule has 0 aliphatic carbocycles. The molecule has 2 aromatic carbocycles. The van der Waals surface area contributed by atoms with Crippen LogP contribution in [0.15, 0.2) is 42.5 Å². The first kappa shape index (κ1) is 22.3. The molecule has 1 amide bonds. The number of benzene rings is 2. The second kappa shape index (κ2) is 8.58. The minimum absolute atomic E-state index is 0.0806. The number of halogens is 3. The number of thiazole rings is 1. The van der Waals surface area contributed by atoms with E-state index in [1.54, 1.807) is 6.92 Å². The maximum Gasteiger partial charge on any atom is 0.416 e. The number of nitrogens with zero attached hydrogens (tertiary/aromatic N) is 2. The highest BCUT2D eigenvalue weighted by Gasteiger charge is 2.31. The summed E-state index contributed by atoms with van der Waals surface area (Å²) in [5, 5.41) is 0.541. The van der Waals surface area contributed by atoms with E-state index in [0.29, 0.717) is 34.2 Å². The fourth-order valence-corrected chi connectivity index (χ4v) is 5.05. The highest BCUT2D eigenvalue weighted by atomic mass is 32.1. The van der Waals surface area contributed by atoms with Gasteiger partial charge in [-0.15, -0.1) is 11.3 Å². The van der Waals surface area contributed by atoms with Crippen molar-refractivity contribution in [3.8, 4) is 10.6 Å². The first-order chi connectivity index (χ1) is 15.1. The summed E-state index contributed by atoms with van der Waals surface area (Å²) in [6.07, 6.45) is -2.50. The number of alkyl halides is 3. The number of aromatic nitrogens is 1. The molecule has 2 N–H and O–H groups in total. The Labute approximate surface area is 188 Å². The minimum Gasteiger partial charge on any atom is -0.399 e. The first-order valence-electron chi connectivity index (χ1n) is 10.4. The van der Waals surface area contributed by atoms with Crippen LogP contribution in [0.3, 0.4) is 0 Å². The van der Waals surface area contributed by atoms with Crippen molar-refractivity contribution in [2.45, 2.75) is 38.8 Å². The Morgan fingerprint density at radius 1 is 1.16 bits per heavy atom. The number of rotatable bonds is 3. The lowest BCUT2D eigenvalue weighted by molar-refractivity contribution is -0.137. The summed E-state index contributed by atoms with van der Waals surface area (Å²) in [5.74, 6) is 0.140. The maximum absolute atomic E-state index is 13.3. The van der Waals surface area contributed by atoms with Gasteiger partial charge < -0.3 is 10.6 Å². The van der Waals surface area contributed by atoms with Crippen LogP contribution in [-0.2, 0) is 6.18 Å². The number of hydrogen-bond acceptors (Lipinski definition) is 4. The lowest BCUT2D eigenvalue weighted by Gasteiger charge is -2.33. The number of nitrogens with two attached hydrogens (primary N) is 1. The molecule has 1 aromatic heterocycles. The molecule has 2 heterocycles. The van der Waals surface area contributed by atoms with Gasteiger partial charge in [0.25, 0.3) is 5.91 Å². The van der Waals surface area contributed by atoms with Crippen molar-refractivity contribution >= 4 is 22.9 Å². The van der Waals surface area contributed by atoms with Gasteiger partial charge in [0.15, 0.2) is 0 Å². The number of likely N-dealkylation sites (tertiary alicyclic amines) is 1. The van der Waals surface area contributed by atoms with E-state index in [4.69, 9.17) is 5.73 Å². The lowest BCUT2D eigenvalue weighted by atomic mass is 9.89. The number of carbonyl (C=O) groups excluding carboxylic acids is 1. The molecule has 3 aromatic rings. The summed E-state index contributed by atoms with van der Waals surface area (Å²) in [5.41, 5.74) is 9.46. The SMILES string of the molecule is Cc1ccc(C2CCCN(C(=O)c3sc(-c4ccc(C(F)(F)F)cc4)nc3C)C2)cc1N. The van der Waals surface area contributed by atoms with Crippen LogP contribution < -0.4 is 5.73 Å². The topological polar surface area (TPSA) is 59.2 Å². The highest BCUT2D eigenvalue weighted by Crippen LogP contribution is 2.35. The minimum atomic E-state index is -4.38. The van der Waals surface area contributed by atoms with E-state index in [1.165, 1.54) is 23.5 Å². The Bertz CT molecular complexity index is 1140. The van der Waals surface area contributed by atoms with Crippen molar-refractivity contribution in [1.29, 1.82) is 0 Å². The maximum atomic E-state index is 13.3. The van der Waals surface area contributed by atoms with Crippen molar-refractivity contribution < 1.29 is 18.0 Å². The van der Waals surface area contributed by atoms with Crippen LogP contribution in [-0.4, -0.2) is 28.9 Å². The highest BCUT2D eigenvalue weighted by molar-refractivity contribution is 7.17. The molecule has 1 aliphatic rings. The molecule has 0 spiro atoms. The van der Waals surface area contributed by atoms with Crippen LogP contribution in [0, 0.1) is 13.8 Å². The van der Waals surface area contributed by atoms with Crippen molar-refractivity contribution in [3.63, 3.8) is 0 Å². The van der Waals surface area contributed by atoms with Gasteiger partial charge in [-0.05, 0) is 56.0 Å². The Morgan fingerprint density at radius 3 is 2.53 bits per heavy atom. The van der Waals surface area contributed by atoms with E-state index in [2.05, 4.69) is 11.1 Å². The van der Waals surface area contributed by atoms with Crippen LogP contribution in [0.4, 0.5) is 18.9 Å². The van der Waals surface area contributed by atoms with Crippen molar-refractivity contribution in [2.24, 2.45) is 0 Å². The summed E-state index contributed by atoms with van der Waals surface area (Å²) in [4.78, 5) is 20.1. The Balaban J connectivity index is 1.53. The smallest absolute Gasteiger partial charge is 0.399 e. The fourth-order valence-electron chi connectivity index (χ4n) is 4.01. The third-order valence-electron chi connectivity index (χ3n) is 5.93. The van der Waals surface area contributed by atoms with Crippen LogP contribution in [0.5, 0.6) is 0 Å². The molecule has 4 nitrogen and oxygen atoms in total. The molecule has 168 valence electrons. The molecular weight excluding hydrogens is 435 g/mol. The van der Waals surface area contributed by atoms with Crippen molar-refractivity contribution in [2.75, 3.05) is 18.8 Å². The second-order valence-electron chi connectivity index (χ2n) is 8.22. The second-order valence-corrected chi connectivity index (χ2v) is 9.21. The molecule has 4 rings (SSSR count). The number of hydrogen-bond donors (Lipinski definition) is 1.